The molecule has 0 fully saturated rings. The molecule has 1 aliphatic rings. The van der Waals surface area contributed by atoms with Gasteiger partial charge in [-0.1, -0.05) is 12.1 Å². The van der Waals surface area contributed by atoms with E-state index >= 15 is 0 Å². The molecule has 1 aromatic rings. The zero-order valence-corrected chi connectivity index (χ0v) is 14.3. The number of fused-ring (bicyclic) bond motifs is 1. The Morgan fingerprint density at radius 3 is 2.62 bits per heavy atom. The van der Waals surface area contributed by atoms with Gasteiger partial charge in [-0.2, -0.15) is 0 Å². The summed E-state index contributed by atoms with van der Waals surface area (Å²) in [6.45, 7) is 3.68. The summed E-state index contributed by atoms with van der Waals surface area (Å²) in [4.78, 5) is 27.4. The number of nitrogens with one attached hydrogen (secondary N) is 3. The number of aliphatic imine (C=N–C) groups is 1. The molecule has 0 atom stereocenters. The summed E-state index contributed by atoms with van der Waals surface area (Å²) in [7, 11) is -3.57. The fourth-order valence-electron chi connectivity index (χ4n) is 2.16. The van der Waals surface area contributed by atoms with Gasteiger partial charge in [0.15, 0.2) is 0 Å². The Labute approximate surface area is 140 Å². The van der Waals surface area contributed by atoms with Crippen LogP contribution in [0.3, 0.4) is 0 Å². The summed E-state index contributed by atoms with van der Waals surface area (Å²) in [6.07, 6.45) is 0.0579. The Morgan fingerprint density at radius 1 is 1.21 bits per heavy atom. The first-order valence-corrected chi connectivity index (χ1v) is 9.00. The zero-order valence-electron chi connectivity index (χ0n) is 13.5. The monoisotopic (exact) mass is 352 g/mol. The van der Waals surface area contributed by atoms with Gasteiger partial charge in [-0.05, 0) is 26.0 Å². The van der Waals surface area contributed by atoms with Gasteiger partial charge in [0.05, 0.1) is 18.0 Å². The van der Waals surface area contributed by atoms with E-state index in [-0.39, 0.29) is 48.1 Å². The van der Waals surface area contributed by atoms with Crippen LogP contribution in [0.15, 0.2) is 34.2 Å². The second kappa shape index (κ2) is 7.43. The smallest absolute Gasteiger partial charge is 0.263 e. The molecule has 1 heterocycles. The number of carbonyl (C=O) groups excluding carboxylic acids is 2. The minimum Gasteiger partial charge on any atom is -0.352 e. The van der Waals surface area contributed by atoms with E-state index in [1.54, 1.807) is 18.2 Å². The molecule has 2 rings (SSSR count). The second-order valence-corrected chi connectivity index (χ2v) is 7.23. The highest BCUT2D eigenvalue weighted by Crippen LogP contribution is 2.21. The molecule has 2 amide bonds. The molecule has 24 heavy (non-hydrogen) atoms. The van der Waals surface area contributed by atoms with E-state index in [2.05, 4.69) is 20.3 Å². The lowest BCUT2D eigenvalue weighted by molar-refractivity contribution is -0.126. The first-order chi connectivity index (χ1) is 11.3. The Kier molecular flexibility index (Phi) is 5.55. The first-order valence-electron chi connectivity index (χ1n) is 7.52. The molecule has 0 unspecified atom stereocenters. The topological polar surface area (TPSA) is 117 Å². The zero-order chi connectivity index (χ0) is 17.7. The fourth-order valence-corrected chi connectivity index (χ4v) is 3.41. The molecule has 3 N–H and O–H groups in total. The summed E-state index contributed by atoms with van der Waals surface area (Å²) in [5, 5.41) is 5.15. The van der Waals surface area contributed by atoms with E-state index in [4.69, 9.17) is 0 Å². The number of amides is 2. The molecule has 1 aromatic carbocycles. The minimum atomic E-state index is -3.57. The average molecular weight is 352 g/mol. The molecule has 0 saturated carbocycles. The van der Waals surface area contributed by atoms with Crippen molar-refractivity contribution in [1.82, 2.24) is 15.4 Å². The highest BCUT2D eigenvalue weighted by Gasteiger charge is 2.29. The van der Waals surface area contributed by atoms with E-state index in [0.717, 1.165) is 0 Å². The number of hydrogen-bond donors (Lipinski definition) is 3. The van der Waals surface area contributed by atoms with Gasteiger partial charge >= 0.3 is 0 Å². The summed E-state index contributed by atoms with van der Waals surface area (Å²) in [5.41, 5.74) is 0.495. The largest absolute Gasteiger partial charge is 0.352 e. The molecule has 8 nitrogen and oxygen atoms in total. The summed E-state index contributed by atoms with van der Waals surface area (Å²) < 4.78 is 26.2. The van der Waals surface area contributed by atoms with Crippen molar-refractivity contribution >= 4 is 27.7 Å². The van der Waals surface area contributed by atoms with Crippen molar-refractivity contribution in [3.05, 3.63) is 29.8 Å². The van der Waals surface area contributed by atoms with Crippen LogP contribution >= 0.6 is 0 Å². The fraction of sp³-hybridized carbons (Fsp3) is 0.400. The van der Waals surface area contributed by atoms with Crippen LogP contribution in [-0.2, 0) is 19.6 Å². The molecule has 0 bridgehead atoms. The highest BCUT2D eigenvalue weighted by atomic mass is 32.2. The van der Waals surface area contributed by atoms with Gasteiger partial charge in [-0.15, -0.1) is 0 Å². The van der Waals surface area contributed by atoms with Crippen molar-refractivity contribution in [3.63, 3.8) is 0 Å². The van der Waals surface area contributed by atoms with Crippen LogP contribution in [0.2, 0.25) is 0 Å². The lowest BCUT2D eigenvalue weighted by Crippen LogP contribution is -2.39. The lowest BCUT2D eigenvalue weighted by atomic mass is 10.2. The number of sulfonamides is 1. The van der Waals surface area contributed by atoms with Crippen LogP contribution in [0.4, 0.5) is 0 Å². The standard InChI is InChI=1S/C15H20N4O4S/c1-10(2)18-14(21)9-17-13(20)7-8-16-15-11-5-3-4-6-12(11)24(22,23)19-15/h3-6,10H,7-9H2,1-2H3,(H,16,19)(H,17,20)(H,18,21). The van der Waals surface area contributed by atoms with Crippen LogP contribution in [0.25, 0.3) is 0 Å². The van der Waals surface area contributed by atoms with Crippen molar-refractivity contribution in [2.45, 2.75) is 31.2 Å². The summed E-state index contributed by atoms with van der Waals surface area (Å²) in [5.74, 6) is -0.356. The third-order valence-electron chi connectivity index (χ3n) is 3.17. The second-order valence-electron chi connectivity index (χ2n) is 5.58. The first kappa shape index (κ1) is 17.9. The minimum absolute atomic E-state index is 0.0104. The predicted octanol–water partition coefficient (Wildman–Crippen LogP) is -0.244. The average Bonchev–Trinajstić information content (AvgIpc) is 2.76. The van der Waals surface area contributed by atoms with Crippen LogP contribution in [0.1, 0.15) is 25.8 Å². The molecule has 0 spiro atoms. The number of hydrogen-bond acceptors (Lipinski definition) is 5. The molecule has 0 radical (unpaired) electrons. The Bertz CT molecular complexity index is 771. The van der Waals surface area contributed by atoms with Crippen molar-refractivity contribution in [3.8, 4) is 0 Å². The highest BCUT2D eigenvalue weighted by molar-refractivity contribution is 7.90. The maximum Gasteiger partial charge on any atom is 0.263 e. The van der Waals surface area contributed by atoms with Gasteiger partial charge in [0.25, 0.3) is 10.0 Å². The SMILES string of the molecule is CC(C)NC(=O)CNC(=O)CCN=C1NS(=O)(=O)c2ccccc21. The van der Waals surface area contributed by atoms with E-state index in [1.807, 2.05) is 13.8 Å². The van der Waals surface area contributed by atoms with Crippen LogP contribution < -0.4 is 15.4 Å². The number of benzene rings is 1. The molecule has 9 heteroatoms. The Hall–Kier alpha value is -2.42. The normalized spacial score (nSPS) is 16.5. The third-order valence-corrected chi connectivity index (χ3v) is 4.56. The third kappa shape index (κ3) is 4.54. The van der Waals surface area contributed by atoms with Gasteiger partial charge < -0.3 is 10.6 Å². The molecular weight excluding hydrogens is 332 g/mol. The van der Waals surface area contributed by atoms with E-state index in [0.29, 0.717) is 5.56 Å². The quantitative estimate of drug-likeness (QED) is 0.655. The van der Waals surface area contributed by atoms with Crippen molar-refractivity contribution in [2.24, 2.45) is 4.99 Å². The summed E-state index contributed by atoms with van der Waals surface area (Å²) in [6, 6.07) is 6.52. The van der Waals surface area contributed by atoms with Gasteiger partial charge in [0.2, 0.25) is 11.8 Å². The number of amidine groups is 1. The van der Waals surface area contributed by atoms with E-state index < -0.39 is 10.0 Å². The van der Waals surface area contributed by atoms with Crippen molar-refractivity contribution in [1.29, 1.82) is 0 Å². The van der Waals surface area contributed by atoms with E-state index in [1.165, 1.54) is 6.07 Å². The Morgan fingerprint density at radius 2 is 1.92 bits per heavy atom. The van der Waals surface area contributed by atoms with Crippen LogP contribution in [-0.4, -0.2) is 45.2 Å². The number of nitrogens with zero attached hydrogens (tertiary/aromatic N) is 1. The van der Waals surface area contributed by atoms with Crippen LogP contribution in [0.5, 0.6) is 0 Å². The van der Waals surface area contributed by atoms with Crippen molar-refractivity contribution < 1.29 is 18.0 Å². The van der Waals surface area contributed by atoms with Crippen molar-refractivity contribution in [2.75, 3.05) is 13.1 Å². The molecule has 1 aliphatic heterocycles. The van der Waals surface area contributed by atoms with Gasteiger partial charge in [-0.3, -0.25) is 19.3 Å². The van der Waals surface area contributed by atoms with Gasteiger partial charge in [0, 0.05) is 18.0 Å². The number of carbonyl (C=O) groups is 2. The summed E-state index contributed by atoms with van der Waals surface area (Å²) >= 11 is 0. The molecule has 0 aromatic heterocycles. The van der Waals surface area contributed by atoms with Gasteiger partial charge in [-0.25, -0.2) is 8.42 Å². The maximum atomic E-state index is 11.9. The molecular formula is C15H20N4O4S. The number of rotatable bonds is 6. The van der Waals surface area contributed by atoms with E-state index in [9.17, 15) is 18.0 Å². The van der Waals surface area contributed by atoms with Crippen LogP contribution in [0, 0.1) is 0 Å². The maximum absolute atomic E-state index is 11.9. The Balaban J connectivity index is 1.87. The molecule has 0 saturated heterocycles. The molecule has 0 aliphatic carbocycles. The molecule has 130 valence electrons. The lowest BCUT2D eigenvalue weighted by Gasteiger charge is -2.08. The van der Waals surface area contributed by atoms with Gasteiger partial charge in [0.1, 0.15) is 5.84 Å². The predicted molar refractivity (Wildman–Crippen MR) is 89.1 cm³/mol.